The Morgan fingerprint density at radius 1 is 1.19 bits per heavy atom. The minimum Gasteiger partial charge on any atom is -0.324 e. The molecule has 2 N–H and O–H groups in total. The largest absolute Gasteiger partial charge is 0.324 e. The first-order valence-electron chi connectivity index (χ1n) is 6.01. The number of hydrogen-bond acceptors (Lipinski definition) is 1. The van der Waals surface area contributed by atoms with Gasteiger partial charge in [-0.25, -0.2) is 0 Å². The molecular weight excluding hydrogens is 218 g/mol. The summed E-state index contributed by atoms with van der Waals surface area (Å²) in [4.78, 5) is 0. The van der Waals surface area contributed by atoms with Crippen LogP contribution in [-0.2, 0) is 0 Å². The van der Waals surface area contributed by atoms with E-state index in [1.54, 1.807) is 0 Å². The number of halogens is 1. The Balaban J connectivity index is 0.00000128. The number of aryl methyl sites for hydroxylation is 2. The second-order valence-electron chi connectivity index (χ2n) is 4.93. The minimum atomic E-state index is 0. The maximum Gasteiger partial charge on any atom is 0.0326 e. The first kappa shape index (κ1) is 13.5. The maximum atomic E-state index is 6.37. The van der Waals surface area contributed by atoms with E-state index in [4.69, 9.17) is 5.73 Å². The summed E-state index contributed by atoms with van der Waals surface area (Å²) in [6.45, 7) is 4.31. The Kier molecular flexibility index (Phi) is 4.82. The number of hydrogen-bond donors (Lipinski definition) is 1. The average Bonchev–Trinajstić information content (AvgIpc) is 2.74. The zero-order valence-electron chi connectivity index (χ0n) is 10.2. The van der Waals surface area contributed by atoms with Crippen molar-refractivity contribution in [2.24, 2.45) is 11.7 Å². The van der Waals surface area contributed by atoms with Crippen LogP contribution in [0.3, 0.4) is 0 Å². The molecule has 1 aliphatic rings. The first-order valence-corrected chi connectivity index (χ1v) is 6.01. The molecule has 1 saturated carbocycles. The van der Waals surface area contributed by atoms with Crippen LogP contribution in [0.25, 0.3) is 0 Å². The van der Waals surface area contributed by atoms with Crippen molar-refractivity contribution in [1.29, 1.82) is 0 Å². The SMILES string of the molecule is Cc1ccc(C)c([C@@H](N)C2CCCC2)c1.Cl. The van der Waals surface area contributed by atoms with Crippen LogP contribution in [0.1, 0.15) is 48.4 Å². The molecule has 1 nitrogen and oxygen atoms in total. The number of benzene rings is 1. The van der Waals surface area contributed by atoms with Crippen molar-refractivity contribution in [2.45, 2.75) is 45.6 Å². The highest BCUT2D eigenvalue weighted by atomic mass is 35.5. The second-order valence-corrected chi connectivity index (χ2v) is 4.93. The van der Waals surface area contributed by atoms with E-state index in [0.29, 0.717) is 5.92 Å². The lowest BCUT2D eigenvalue weighted by Gasteiger charge is -2.21. The molecule has 0 spiro atoms. The van der Waals surface area contributed by atoms with E-state index in [9.17, 15) is 0 Å². The summed E-state index contributed by atoms with van der Waals surface area (Å²) in [6.07, 6.45) is 5.36. The molecule has 0 heterocycles. The van der Waals surface area contributed by atoms with Gasteiger partial charge in [-0.1, -0.05) is 36.6 Å². The van der Waals surface area contributed by atoms with Crippen LogP contribution in [0.4, 0.5) is 0 Å². The molecule has 0 aliphatic heterocycles. The highest BCUT2D eigenvalue weighted by molar-refractivity contribution is 5.85. The van der Waals surface area contributed by atoms with Crippen LogP contribution in [0, 0.1) is 19.8 Å². The summed E-state index contributed by atoms with van der Waals surface area (Å²) in [7, 11) is 0. The van der Waals surface area contributed by atoms with Gasteiger partial charge in [0.2, 0.25) is 0 Å². The summed E-state index contributed by atoms with van der Waals surface area (Å²) in [6, 6.07) is 6.88. The zero-order valence-corrected chi connectivity index (χ0v) is 11.0. The first-order chi connectivity index (χ1) is 7.18. The smallest absolute Gasteiger partial charge is 0.0326 e. The van der Waals surface area contributed by atoms with E-state index in [-0.39, 0.29) is 18.4 Å². The van der Waals surface area contributed by atoms with Crippen molar-refractivity contribution in [3.05, 3.63) is 34.9 Å². The van der Waals surface area contributed by atoms with Gasteiger partial charge in [-0.2, -0.15) is 0 Å². The zero-order chi connectivity index (χ0) is 10.8. The molecule has 0 aromatic heterocycles. The Hall–Kier alpha value is -0.530. The van der Waals surface area contributed by atoms with Crippen LogP contribution in [0.2, 0.25) is 0 Å². The van der Waals surface area contributed by atoms with Gasteiger partial charge < -0.3 is 5.73 Å². The molecule has 1 aliphatic carbocycles. The molecule has 16 heavy (non-hydrogen) atoms. The lowest BCUT2D eigenvalue weighted by molar-refractivity contribution is 0.443. The van der Waals surface area contributed by atoms with E-state index in [2.05, 4.69) is 32.0 Å². The minimum absolute atomic E-state index is 0. The Morgan fingerprint density at radius 3 is 2.44 bits per heavy atom. The molecule has 0 saturated heterocycles. The van der Waals surface area contributed by atoms with Gasteiger partial charge in [0.25, 0.3) is 0 Å². The van der Waals surface area contributed by atoms with Crippen LogP contribution in [0.5, 0.6) is 0 Å². The predicted octanol–water partition coefficient (Wildman–Crippen LogP) is 3.92. The van der Waals surface area contributed by atoms with Crippen molar-refractivity contribution in [3.8, 4) is 0 Å². The summed E-state index contributed by atoms with van der Waals surface area (Å²) >= 11 is 0. The van der Waals surface area contributed by atoms with Gasteiger partial charge in [0, 0.05) is 6.04 Å². The molecule has 1 fully saturated rings. The fourth-order valence-electron chi connectivity index (χ4n) is 2.69. The highest BCUT2D eigenvalue weighted by Gasteiger charge is 2.24. The number of rotatable bonds is 2. The molecule has 1 aromatic rings. The van der Waals surface area contributed by atoms with Gasteiger partial charge in [0.1, 0.15) is 0 Å². The van der Waals surface area contributed by atoms with Gasteiger partial charge in [0.05, 0.1) is 0 Å². The van der Waals surface area contributed by atoms with Crippen LogP contribution in [0.15, 0.2) is 18.2 Å². The third-order valence-electron chi connectivity index (χ3n) is 3.70. The van der Waals surface area contributed by atoms with Gasteiger partial charge in [-0.3, -0.25) is 0 Å². The standard InChI is InChI=1S/C14H21N.ClH/c1-10-7-8-11(2)13(9-10)14(15)12-5-3-4-6-12;/h7-9,12,14H,3-6,15H2,1-2H3;1H/t14-;/m0./s1. The maximum absolute atomic E-state index is 6.37. The molecule has 0 amide bonds. The normalized spacial score (nSPS) is 18.2. The Labute approximate surface area is 105 Å². The van der Waals surface area contributed by atoms with E-state index in [1.807, 2.05) is 0 Å². The average molecular weight is 240 g/mol. The Bertz CT molecular complexity index is 343. The van der Waals surface area contributed by atoms with Gasteiger partial charge in [-0.05, 0) is 43.7 Å². The fourth-order valence-corrected chi connectivity index (χ4v) is 2.69. The summed E-state index contributed by atoms with van der Waals surface area (Å²) < 4.78 is 0. The van der Waals surface area contributed by atoms with E-state index < -0.39 is 0 Å². The van der Waals surface area contributed by atoms with Crippen LogP contribution >= 0.6 is 12.4 Å². The molecule has 2 rings (SSSR count). The summed E-state index contributed by atoms with van der Waals surface area (Å²) in [5, 5.41) is 0. The predicted molar refractivity (Wildman–Crippen MR) is 72.1 cm³/mol. The molecular formula is C14H22ClN. The fraction of sp³-hybridized carbons (Fsp3) is 0.571. The summed E-state index contributed by atoms with van der Waals surface area (Å²) in [5.74, 6) is 0.713. The molecule has 2 heteroatoms. The van der Waals surface area contributed by atoms with Gasteiger partial charge in [-0.15, -0.1) is 12.4 Å². The van der Waals surface area contributed by atoms with Crippen LogP contribution in [-0.4, -0.2) is 0 Å². The van der Waals surface area contributed by atoms with Crippen molar-refractivity contribution < 1.29 is 0 Å². The quantitative estimate of drug-likeness (QED) is 0.832. The third-order valence-corrected chi connectivity index (χ3v) is 3.70. The van der Waals surface area contributed by atoms with Gasteiger partial charge in [0.15, 0.2) is 0 Å². The summed E-state index contributed by atoms with van der Waals surface area (Å²) in [5.41, 5.74) is 10.4. The van der Waals surface area contributed by atoms with E-state index in [0.717, 1.165) is 0 Å². The lowest BCUT2D eigenvalue weighted by atomic mass is 9.89. The van der Waals surface area contributed by atoms with Gasteiger partial charge >= 0.3 is 0 Å². The van der Waals surface area contributed by atoms with Crippen molar-refractivity contribution in [3.63, 3.8) is 0 Å². The highest BCUT2D eigenvalue weighted by Crippen LogP contribution is 2.35. The topological polar surface area (TPSA) is 26.0 Å². The third kappa shape index (κ3) is 2.78. The number of nitrogens with two attached hydrogens (primary N) is 1. The molecule has 90 valence electrons. The molecule has 1 atom stereocenters. The molecule has 1 aromatic carbocycles. The lowest BCUT2D eigenvalue weighted by Crippen LogP contribution is -2.20. The van der Waals surface area contributed by atoms with Crippen molar-refractivity contribution in [2.75, 3.05) is 0 Å². The second kappa shape index (κ2) is 5.70. The van der Waals surface area contributed by atoms with Crippen molar-refractivity contribution >= 4 is 12.4 Å². The van der Waals surface area contributed by atoms with E-state index >= 15 is 0 Å². The Morgan fingerprint density at radius 2 is 1.81 bits per heavy atom. The molecule has 0 bridgehead atoms. The molecule has 0 radical (unpaired) electrons. The molecule has 0 unspecified atom stereocenters. The van der Waals surface area contributed by atoms with Crippen molar-refractivity contribution in [1.82, 2.24) is 0 Å². The van der Waals surface area contributed by atoms with E-state index in [1.165, 1.54) is 42.4 Å². The monoisotopic (exact) mass is 239 g/mol. The van der Waals surface area contributed by atoms with Crippen LogP contribution < -0.4 is 5.73 Å².